The van der Waals surface area contributed by atoms with Crippen LogP contribution < -0.4 is 0 Å². The fourth-order valence-electron chi connectivity index (χ4n) is 1.85. The molecule has 0 aliphatic heterocycles. The van der Waals surface area contributed by atoms with E-state index >= 15 is 0 Å². The van der Waals surface area contributed by atoms with Crippen LogP contribution in [0.25, 0.3) is 0 Å². The van der Waals surface area contributed by atoms with Crippen LogP contribution in [0.3, 0.4) is 0 Å². The molecule has 0 saturated carbocycles. The number of aromatic carboxylic acids is 1. The molecule has 0 spiro atoms. The van der Waals surface area contributed by atoms with Crippen molar-refractivity contribution in [3.8, 4) is 0 Å². The molecule has 2 aromatic rings. The van der Waals surface area contributed by atoms with Crippen LogP contribution in [0, 0.1) is 6.92 Å². The van der Waals surface area contributed by atoms with Crippen LogP contribution in [0.1, 0.15) is 40.5 Å². The highest BCUT2D eigenvalue weighted by Gasteiger charge is 2.14. The predicted molar refractivity (Wildman–Crippen MR) is 70.1 cm³/mol. The third-order valence-corrected chi connectivity index (χ3v) is 2.94. The van der Waals surface area contributed by atoms with Gasteiger partial charge >= 0.3 is 5.97 Å². The lowest BCUT2D eigenvalue weighted by molar-refractivity contribution is 0.0416. The molecule has 1 N–H and O–H groups in total. The van der Waals surface area contributed by atoms with Crippen molar-refractivity contribution in [1.82, 2.24) is 0 Å². The molecule has 0 aliphatic rings. The molecule has 0 fully saturated rings. The van der Waals surface area contributed by atoms with E-state index in [-0.39, 0.29) is 18.3 Å². The van der Waals surface area contributed by atoms with Crippen molar-refractivity contribution in [3.05, 3.63) is 59.0 Å². The van der Waals surface area contributed by atoms with Crippen molar-refractivity contribution in [2.45, 2.75) is 26.6 Å². The molecule has 1 aromatic heterocycles. The summed E-state index contributed by atoms with van der Waals surface area (Å²) in [6, 6.07) is 11.3. The number of carbonyl (C=O) groups is 1. The van der Waals surface area contributed by atoms with E-state index in [0.717, 1.165) is 5.56 Å². The number of ether oxygens (including phenoxy) is 1. The first kappa shape index (κ1) is 13.4. The van der Waals surface area contributed by atoms with E-state index in [1.54, 1.807) is 6.92 Å². The summed E-state index contributed by atoms with van der Waals surface area (Å²) in [6.45, 7) is 3.83. The van der Waals surface area contributed by atoms with E-state index in [2.05, 4.69) is 0 Å². The zero-order chi connectivity index (χ0) is 13.8. The SMILES string of the molecule is Cc1oc(COC(C)c2ccccc2)cc1C(=O)O. The van der Waals surface area contributed by atoms with Gasteiger partial charge in [-0.1, -0.05) is 30.3 Å². The fourth-order valence-corrected chi connectivity index (χ4v) is 1.85. The van der Waals surface area contributed by atoms with Crippen LogP contribution in [-0.4, -0.2) is 11.1 Å². The smallest absolute Gasteiger partial charge is 0.339 e. The van der Waals surface area contributed by atoms with Gasteiger partial charge in [-0.3, -0.25) is 0 Å². The van der Waals surface area contributed by atoms with Crippen LogP contribution >= 0.6 is 0 Å². The highest BCUT2D eigenvalue weighted by atomic mass is 16.5. The standard InChI is InChI=1S/C15H16O4/c1-10(12-6-4-3-5-7-12)18-9-13-8-14(15(16)17)11(2)19-13/h3-8,10H,9H2,1-2H3,(H,16,17). The van der Waals surface area contributed by atoms with Gasteiger partial charge in [0.25, 0.3) is 0 Å². The molecule has 4 heteroatoms. The lowest BCUT2D eigenvalue weighted by Gasteiger charge is -2.12. The van der Waals surface area contributed by atoms with E-state index < -0.39 is 5.97 Å². The maximum atomic E-state index is 10.9. The predicted octanol–water partition coefficient (Wildman–Crippen LogP) is 3.56. The Labute approximate surface area is 111 Å². The average Bonchev–Trinajstić information content (AvgIpc) is 2.78. The van der Waals surface area contributed by atoms with Gasteiger partial charge < -0.3 is 14.3 Å². The maximum Gasteiger partial charge on any atom is 0.339 e. The van der Waals surface area contributed by atoms with Crippen molar-refractivity contribution in [3.63, 3.8) is 0 Å². The second-order valence-electron chi connectivity index (χ2n) is 4.35. The first-order valence-corrected chi connectivity index (χ1v) is 6.07. The minimum Gasteiger partial charge on any atom is -0.478 e. The molecular weight excluding hydrogens is 244 g/mol. The third kappa shape index (κ3) is 3.23. The molecule has 1 unspecified atom stereocenters. The Hall–Kier alpha value is -2.07. The molecule has 0 saturated heterocycles. The largest absolute Gasteiger partial charge is 0.478 e. The maximum absolute atomic E-state index is 10.9. The van der Waals surface area contributed by atoms with Gasteiger partial charge in [-0.05, 0) is 25.5 Å². The van der Waals surface area contributed by atoms with Gasteiger partial charge in [-0.2, -0.15) is 0 Å². The second kappa shape index (κ2) is 5.71. The molecule has 0 bridgehead atoms. The summed E-state index contributed by atoms with van der Waals surface area (Å²) >= 11 is 0. The summed E-state index contributed by atoms with van der Waals surface area (Å²) in [6.07, 6.45) is -0.0696. The van der Waals surface area contributed by atoms with E-state index in [0.29, 0.717) is 11.5 Å². The Kier molecular flexibility index (Phi) is 4.02. The number of carboxylic acid groups (broad SMARTS) is 1. The van der Waals surface area contributed by atoms with Crippen molar-refractivity contribution in [2.75, 3.05) is 0 Å². The lowest BCUT2D eigenvalue weighted by Crippen LogP contribution is -1.99. The second-order valence-corrected chi connectivity index (χ2v) is 4.35. The Balaban J connectivity index is 1.99. The van der Waals surface area contributed by atoms with Gasteiger partial charge in [-0.15, -0.1) is 0 Å². The minimum atomic E-state index is -0.983. The van der Waals surface area contributed by atoms with Gasteiger partial charge in [0.15, 0.2) is 0 Å². The monoisotopic (exact) mass is 260 g/mol. The zero-order valence-corrected chi connectivity index (χ0v) is 10.9. The number of rotatable bonds is 5. The van der Waals surface area contributed by atoms with E-state index in [9.17, 15) is 4.79 Å². The third-order valence-electron chi connectivity index (χ3n) is 2.94. The van der Waals surface area contributed by atoms with E-state index in [1.807, 2.05) is 37.3 Å². The number of benzene rings is 1. The molecule has 1 aromatic carbocycles. The molecular formula is C15H16O4. The topological polar surface area (TPSA) is 59.7 Å². The molecule has 2 rings (SSSR count). The highest BCUT2D eigenvalue weighted by Crippen LogP contribution is 2.20. The summed E-state index contributed by atoms with van der Waals surface area (Å²) in [5.41, 5.74) is 1.26. The Bertz CT molecular complexity index is 557. The minimum absolute atomic E-state index is 0.0696. The summed E-state index contributed by atoms with van der Waals surface area (Å²) in [4.78, 5) is 10.9. The Morgan fingerprint density at radius 3 is 2.63 bits per heavy atom. The van der Waals surface area contributed by atoms with Crippen molar-refractivity contribution >= 4 is 5.97 Å². The van der Waals surface area contributed by atoms with Gasteiger partial charge in [0.2, 0.25) is 0 Å². The van der Waals surface area contributed by atoms with Gasteiger partial charge in [0.1, 0.15) is 23.7 Å². The van der Waals surface area contributed by atoms with Crippen LogP contribution in [0.2, 0.25) is 0 Å². The van der Waals surface area contributed by atoms with E-state index in [1.165, 1.54) is 6.07 Å². The molecule has 19 heavy (non-hydrogen) atoms. The highest BCUT2D eigenvalue weighted by molar-refractivity contribution is 5.88. The Morgan fingerprint density at radius 2 is 2.05 bits per heavy atom. The van der Waals surface area contributed by atoms with Gasteiger partial charge in [-0.25, -0.2) is 4.79 Å². The number of aryl methyl sites for hydroxylation is 1. The van der Waals surface area contributed by atoms with Crippen LogP contribution in [-0.2, 0) is 11.3 Å². The molecule has 1 heterocycles. The fraction of sp³-hybridized carbons (Fsp3) is 0.267. The van der Waals surface area contributed by atoms with Crippen molar-refractivity contribution < 1.29 is 19.1 Å². The van der Waals surface area contributed by atoms with Crippen LogP contribution in [0.15, 0.2) is 40.8 Å². The quantitative estimate of drug-likeness (QED) is 0.892. The molecule has 1 atom stereocenters. The summed E-state index contributed by atoms with van der Waals surface area (Å²) in [5, 5.41) is 8.93. The summed E-state index contributed by atoms with van der Waals surface area (Å²) in [7, 11) is 0. The van der Waals surface area contributed by atoms with Crippen LogP contribution in [0.4, 0.5) is 0 Å². The van der Waals surface area contributed by atoms with Crippen molar-refractivity contribution in [2.24, 2.45) is 0 Å². The van der Waals surface area contributed by atoms with Crippen molar-refractivity contribution in [1.29, 1.82) is 0 Å². The molecule has 0 amide bonds. The molecule has 4 nitrogen and oxygen atoms in total. The van der Waals surface area contributed by atoms with Gasteiger partial charge in [0.05, 0.1) is 6.10 Å². The number of hydrogen-bond acceptors (Lipinski definition) is 3. The number of carboxylic acids is 1. The van der Waals surface area contributed by atoms with Gasteiger partial charge in [0, 0.05) is 0 Å². The molecule has 0 radical (unpaired) electrons. The van der Waals surface area contributed by atoms with Crippen LogP contribution in [0.5, 0.6) is 0 Å². The number of furan rings is 1. The average molecular weight is 260 g/mol. The Morgan fingerprint density at radius 1 is 1.37 bits per heavy atom. The first-order chi connectivity index (χ1) is 9.08. The summed E-state index contributed by atoms with van der Waals surface area (Å²) < 4.78 is 11.0. The molecule has 100 valence electrons. The first-order valence-electron chi connectivity index (χ1n) is 6.07. The number of hydrogen-bond donors (Lipinski definition) is 1. The molecule has 0 aliphatic carbocycles. The lowest BCUT2D eigenvalue weighted by atomic mass is 10.1. The normalized spacial score (nSPS) is 12.3. The van der Waals surface area contributed by atoms with E-state index in [4.69, 9.17) is 14.3 Å². The summed E-state index contributed by atoms with van der Waals surface area (Å²) in [5.74, 6) is -0.0558. The zero-order valence-electron chi connectivity index (χ0n) is 10.9.